The Kier molecular flexibility index (Phi) is 4.80. The van der Waals surface area contributed by atoms with Crippen molar-refractivity contribution >= 4 is 23.2 Å². The van der Waals surface area contributed by atoms with E-state index >= 15 is 0 Å². The van der Waals surface area contributed by atoms with Gasteiger partial charge in [0.05, 0.1) is 6.61 Å². The zero-order valence-electron chi connectivity index (χ0n) is 8.74. The van der Waals surface area contributed by atoms with Crippen molar-refractivity contribution in [3.05, 3.63) is 28.0 Å². The number of aliphatic hydroxyl groups is 1. The third-order valence-corrected chi connectivity index (χ3v) is 2.66. The molecule has 84 valence electrons. The van der Waals surface area contributed by atoms with Gasteiger partial charge >= 0.3 is 0 Å². The van der Waals surface area contributed by atoms with E-state index in [2.05, 4.69) is 4.98 Å². The quantitative estimate of drug-likeness (QED) is 0.831. The second kappa shape index (κ2) is 5.66. The molecule has 0 aliphatic carbocycles. The fourth-order valence-corrected chi connectivity index (χ4v) is 1.69. The van der Waals surface area contributed by atoms with Gasteiger partial charge in [-0.1, -0.05) is 23.2 Å². The third kappa shape index (κ3) is 3.95. The van der Waals surface area contributed by atoms with Crippen molar-refractivity contribution < 1.29 is 5.11 Å². The molecule has 3 nitrogen and oxygen atoms in total. The normalized spacial score (nSPS) is 13.2. The van der Waals surface area contributed by atoms with Gasteiger partial charge in [0.15, 0.2) is 0 Å². The Morgan fingerprint density at radius 2 is 1.93 bits per heavy atom. The lowest BCUT2D eigenvalue weighted by Gasteiger charge is -2.22. The fraction of sp³-hybridized carbons (Fsp3) is 0.500. The average Bonchev–Trinajstić information content (AvgIpc) is 2.14. The predicted molar refractivity (Wildman–Crippen MR) is 62.3 cm³/mol. The van der Waals surface area contributed by atoms with Gasteiger partial charge in [0.2, 0.25) is 0 Å². The molecule has 0 spiro atoms. The van der Waals surface area contributed by atoms with E-state index in [1.807, 2.05) is 18.9 Å². The van der Waals surface area contributed by atoms with Crippen LogP contribution in [0, 0.1) is 0 Å². The van der Waals surface area contributed by atoms with Crippen LogP contribution in [0.2, 0.25) is 10.3 Å². The molecule has 1 unspecified atom stereocenters. The number of halogens is 2. The summed E-state index contributed by atoms with van der Waals surface area (Å²) in [4.78, 5) is 5.89. The lowest BCUT2D eigenvalue weighted by Crippen LogP contribution is -2.31. The van der Waals surface area contributed by atoms with Gasteiger partial charge in [-0.25, -0.2) is 4.98 Å². The van der Waals surface area contributed by atoms with Crippen molar-refractivity contribution in [2.75, 3.05) is 13.7 Å². The van der Waals surface area contributed by atoms with Crippen LogP contribution in [0.25, 0.3) is 0 Å². The molecule has 1 atom stereocenters. The Balaban J connectivity index is 2.72. The van der Waals surface area contributed by atoms with Gasteiger partial charge in [-0.3, -0.25) is 4.90 Å². The minimum atomic E-state index is 0.107. The Bertz CT molecular complexity index is 313. The molecule has 1 heterocycles. The van der Waals surface area contributed by atoms with Crippen LogP contribution in [-0.4, -0.2) is 34.7 Å². The number of pyridine rings is 1. The first kappa shape index (κ1) is 12.7. The molecule has 0 saturated carbocycles. The summed E-state index contributed by atoms with van der Waals surface area (Å²) in [6.45, 7) is 2.76. The maximum atomic E-state index is 8.99. The van der Waals surface area contributed by atoms with E-state index in [1.165, 1.54) is 0 Å². The molecule has 0 aliphatic rings. The summed E-state index contributed by atoms with van der Waals surface area (Å²) in [6, 6.07) is 3.65. The molecule has 1 N–H and O–H groups in total. The van der Waals surface area contributed by atoms with Gasteiger partial charge in [-0.2, -0.15) is 0 Å². The molecular formula is C10H14Cl2N2O. The third-order valence-electron chi connectivity index (χ3n) is 2.27. The summed E-state index contributed by atoms with van der Waals surface area (Å²) in [6.07, 6.45) is 0. The second-order valence-corrected chi connectivity index (χ2v) is 4.34. The van der Waals surface area contributed by atoms with Gasteiger partial charge in [-0.15, -0.1) is 0 Å². The first-order valence-electron chi connectivity index (χ1n) is 4.66. The molecule has 0 bridgehead atoms. The van der Waals surface area contributed by atoms with E-state index < -0.39 is 0 Å². The Morgan fingerprint density at radius 1 is 1.40 bits per heavy atom. The molecule has 15 heavy (non-hydrogen) atoms. The second-order valence-electron chi connectivity index (χ2n) is 3.57. The highest BCUT2D eigenvalue weighted by atomic mass is 35.5. The summed E-state index contributed by atoms with van der Waals surface area (Å²) in [5, 5.41) is 9.77. The van der Waals surface area contributed by atoms with Gasteiger partial charge in [0, 0.05) is 12.6 Å². The number of nitrogens with zero attached hydrogens (tertiary/aromatic N) is 2. The lowest BCUT2D eigenvalue weighted by atomic mass is 10.2. The van der Waals surface area contributed by atoms with Crippen molar-refractivity contribution in [3.63, 3.8) is 0 Å². The minimum absolute atomic E-state index is 0.107. The molecule has 1 aromatic heterocycles. The van der Waals surface area contributed by atoms with Crippen molar-refractivity contribution in [2.24, 2.45) is 0 Å². The van der Waals surface area contributed by atoms with E-state index in [0.717, 1.165) is 5.56 Å². The minimum Gasteiger partial charge on any atom is -0.395 e. The van der Waals surface area contributed by atoms with Crippen LogP contribution in [0.5, 0.6) is 0 Å². The number of likely N-dealkylation sites (N-methyl/N-ethyl adjacent to an activating group) is 1. The zero-order valence-corrected chi connectivity index (χ0v) is 10.3. The van der Waals surface area contributed by atoms with E-state index in [0.29, 0.717) is 16.9 Å². The summed E-state index contributed by atoms with van der Waals surface area (Å²) in [5.74, 6) is 0. The maximum Gasteiger partial charge on any atom is 0.131 e. The van der Waals surface area contributed by atoms with E-state index in [9.17, 15) is 0 Å². The molecule has 1 aromatic rings. The van der Waals surface area contributed by atoms with Crippen LogP contribution in [0.15, 0.2) is 12.1 Å². The number of aromatic nitrogens is 1. The van der Waals surface area contributed by atoms with Crippen LogP contribution in [0.3, 0.4) is 0 Å². The molecule has 5 heteroatoms. The van der Waals surface area contributed by atoms with Gasteiger partial charge in [0.1, 0.15) is 10.3 Å². The topological polar surface area (TPSA) is 36.4 Å². The standard InChI is InChI=1S/C10H14Cl2N2O/c1-7(6-15)14(2)5-8-3-9(11)13-10(12)4-8/h3-4,7,15H,5-6H2,1-2H3. The van der Waals surface area contributed by atoms with Crippen molar-refractivity contribution in [2.45, 2.75) is 19.5 Å². The van der Waals surface area contributed by atoms with E-state index in [1.54, 1.807) is 12.1 Å². The highest BCUT2D eigenvalue weighted by molar-refractivity contribution is 6.32. The number of aliphatic hydroxyl groups excluding tert-OH is 1. The largest absolute Gasteiger partial charge is 0.395 e. The Morgan fingerprint density at radius 3 is 2.40 bits per heavy atom. The predicted octanol–water partition coefficient (Wildman–Crippen LogP) is 2.20. The summed E-state index contributed by atoms with van der Waals surface area (Å²) in [7, 11) is 1.93. The molecule has 0 aliphatic heterocycles. The molecule has 0 aromatic carbocycles. The molecule has 1 rings (SSSR count). The SMILES string of the molecule is CC(CO)N(C)Cc1cc(Cl)nc(Cl)c1. The van der Waals surface area contributed by atoms with E-state index in [-0.39, 0.29) is 12.6 Å². The highest BCUT2D eigenvalue weighted by Gasteiger charge is 2.09. The zero-order chi connectivity index (χ0) is 11.4. The van der Waals surface area contributed by atoms with Crippen LogP contribution < -0.4 is 0 Å². The van der Waals surface area contributed by atoms with Gasteiger partial charge in [-0.05, 0) is 31.7 Å². The molecule has 0 radical (unpaired) electrons. The van der Waals surface area contributed by atoms with Crippen molar-refractivity contribution in [1.29, 1.82) is 0 Å². The Labute approximate surface area is 99.6 Å². The van der Waals surface area contributed by atoms with Gasteiger partial charge < -0.3 is 5.11 Å². The van der Waals surface area contributed by atoms with Crippen LogP contribution in [0.1, 0.15) is 12.5 Å². The number of rotatable bonds is 4. The van der Waals surface area contributed by atoms with Crippen LogP contribution in [0.4, 0.5) is 0 Å². The summed E-state index contributed by atoms with van der Waals surface area (Å²) in [5.41, 5.74) is 0.989. The van der Waals surface area contributed by atoms with Crippen LogP contribution in [-0.2, 0) is 6.54 Å². The molecular weight excluding hydrogens is 235 g/mol. The first-order valence-corrected chi connectivity index (χ1v) is 5.41. The molecule has 0 saturated heterocycles. The smallest absolute Gasteiger partial charge is 0.131 e. The lowest BCUT2D eigenvalue weighted by molar-refractivity contribution is 0.154. The monoisotopic (exact) mass is 248 g/mol. The van der Waals surface area contributed by atoms with Crippen molar-refractivity contribution in [1.82, 2.24) is 9.88 Å². The Hall–Kier alpha value is -0.350. The summed E-state index contributed by atoms with van der Waals surface area (Å²) < 4.78 is 0. The van der Waals surface area contributed by atoms with Crippen LogP contribution >= 0.6 is 23.2 Å². The fourth-order valence-electron chi connectivity index (χ4n) is 1.19. The average molecular weight is 249 g/mol. The number of hydrogen-bond donors (Lipinski definition) is 1. The first-order chi connectivity index (χ1) is 7.02. The molecule has 0 fully saturated rings. The van der Waals surface area contributed by atoms with Gasteiger partial charge in [0.25, 0.3) is 0 Å². The number of hydrogen-bond acceptors (Lipinski definition) is 3. The molecule has 0 amide bonds. The van der Waals surface area contributed by atoms with E-state index in [4.69, 9.17) is 28.3 Å². The summed E-state index contributed by atoms with van der Waals surface area (Å²) >= 11 is 11.6. The maximum absolute atomic E-state index is 8.99. The van der Waals surface area contributed by atoms with Crippen molar-refractivity contribution in [3.8, 4) is 0 Å². The highest BCUT2D eigenvalue weighted by Crippen LogP contribution is 2.16.